The smallest absolute Gasteiger partial charge is 0.241 e. The molecule has 1 aromatic heterocycles. The first-order valence-corrected chi connectivity index (χ1v) is 6.05. The Morgan fingerprint density at radius 3 is 2.89 bits per heavy atom. The molecular weight excluding hydrogens is 232 g/mol. The number of aromatic nitrogens is 2. The Kier molecular flexibility index (Phi) is 5.15. The van der Waals surface area contributed by atoms with Crippen molar-refractivity contribution in [3.05, 3.63) is 12.4 Å². The minimum Gasteiger partial charge on any atom is -0.380 e. The highest BCUT2D eigenvalue weighted by atomic mass is 16.5. The van der Waals surface area contributed by atoms with Crippen molar-refractivity contribution >= 4 is 11.6 Å². The van der Waals surface area contributed by atoms with Crippen molar-refractivity contribution in [2.75, 3.05) is 26.0 Å². The molecule has 0 aliphatic rings. The first-order valence-electron chi connectivity index (χ1n) is 6.05. The van der Waals surface area contributed by atoms with E-state index in [0.29, 0.717) is 6.54 Å². The van der Waals surface area contributed by atoms with Crippen LogP contribution in [0.5, 0.6) is 0 Å². The van der Waals surface area contributed by atoms with E-state index in [-0.39, 0.29) is 18.1 Å². The minimum absolute atomic E-state index is 0.0695. The maximum absolute atomic E-state index is 11.2. The Hall–Kier alpha value is -1.56. The first-order chi connectivity index (χ1) is 8.53. The summed E-state index contributed by atoms with van der Waals surface area (Å²) in [5.41, 5.74) is 0.693. The molecule has 0 unspecified atom stereocenters. The van der Waals surface area contributed by atoms with Crippen LogP contribution < -0.4 is 10.6 Å². The molecule has 1 aromatic rings. The summed E-state index contributed by atoms with van der Waals surface area (Å²) in [4.78, 5) is 11.2. The van der Waals surface area contributed by atoms with Gasteiger partial charge in [-0.1, -0.05) is 6.92 Å². The molecule has 1 rings (SSSR count). The average molecular weight is 254 g/mol. The lowest BCUT2D eigenvalue weighted by atomic mass is 10.0. The molecule has 0 aliphatic carbocycles. The van der Waals surface area contributed by atoms with Gasteiger partial charge in [0, 0.05) is 26.9 Å². The molecule has 102 valence electrons. The second-order valence-electron chi connectivity index (χ2n) is 4.46. The van der Waals surface area contributed by atoms with Crippen molar-refractivity contribution in [2.24, 2.45) is 0 Å². The van der Waals surface area contributed by atoms with Crippen LogP contribution >= 0.6 is 0 Å². The van der Waals surface area contributed by atoms with E-state index in [1.807, 2.05) is 0 Å². The Morgan fingerprint density at radius 2 is 2.33 bits per heavy atom. The van der Waals surface area contributed by atoms with Crippen molar-refractivity contribution < 1.29 is 9.53 Å². The molecule has 1 atom stereocenters. The zero-order chi connectivity index (χ0) is 13.6. The highest BCUT2D eigenvalue weighted by Crippen LogP contribution is 2.15. The minimum atomic E-state index is -0.192. The van der Waals surface area contributed by atoms with Crippen molar-refractivity contribution in [1.29, 1.82) is 0 Å². The van der Waals surface area contributed by atoms with Crippen LogP contribution in [-0.2, 0) is 16.1 Å². The molecule has 0 saturated carbocycles. The molecule has 6 nitrogen and oxygen atoms in total. The number of hydrogen-bond acceptors (Lipinski definition) is 4. The fourth-order valence-corrected chi connectivity index (χ4v) is 1.40. The molecular formula is C12H22N4O2. The van der Waals surface area contributed by atoms with E-state index >= 15 is 0 Å². The predicted octanol–water partition coefficient (Wildman–Crippen LogP) is 0.856. The maximum Gasteiger partial charge on any atom is 0.241 e. The number of nitrogens with zero attached hydrogens (tertiary/aromatic N) is 2. The lowest BCUT2D eigenvalue weighted by Gasteiger charge is -2.26. The highest BCUT2D eigenvalue weighted by molar-refractivity contribution is 5.75. The molecule has 18 heavy (non-hydrogen) atoms. The Labute approximate surface area is 108 Å². The highest BCUT2D eigenvalue weighted by Gasteiger charge is 2.20. The first kappa shape index (κ1) is 14.5. The summed E-state index contributed by atoms with van der Waals surface area (Å²) in [6.07, 6.45) is 4.43. The van der Waals surface area contributed by atoms with E-state index in [1.165, 1.54) is 0 Å². The molecule has 0 radical (unpaired) electrons. The van der Waals surface area contributed by atoms with Gasteiger partial charge in [-0.15, -0.1) is 0 Å². The lowest BCUT2D eigenvalue weighted by Crippen LogP contribution is -2.34. The van der Waals surface area contributed by atoms with Crippen LogP contribution in [0.15, 0.2) is 12.4 Å². The summed E-state index contributed by atoms with van der Waals surface area (Å²) in [5, 5.41) is 9.92. The van der Waals surface area contributed by atoms with Crippen LogP contribution in [0.4, 0.5) is 5.69 Å². The lowest BCUT2D eigenvalue weighted by molar-refractivity contribution is -0.121. The summed E-state index contributed by atoms with van der Waals surface area (Å²) in [6.45, 7) is 5.06. The Bertz CT molecular complexity index is 385. The van der Waals surface area contributed by atoms with Gasteiger partial charge >= 0.3 is 0 Å². The molecule has 0 fully saturated rings. The van der Waals surface area contributed by atoms with Gasteiger partial charge in [0.1, 0.15) is 6.54 Å². The van der Waals surface area contributed by atoms with Crippen LogP contribution in [0, 0.1) is 0 Å². The number of methoxy groups -OCH3 is 1. The van der Waals surface area contributed by atoms with E-state index in [0.717, 1.165) is 12.1 Å². The fourth-order valence-electron chi connectivity index (χ4n) is 1.40. The SMILES string of the molecule is CC[C@@](C)(CNc1cnn(CC(=O)NC)c1)OC. The van der Waals surface area contributed by atoms with Crippen molar-refractivity contribution in [1.82, 2.24) is 15.1 Å². The number of anilines is 1. The third-order valence-electron chi connectivity index (χ3n) is 3.12. The number of carbonyl (C=O) groups is 1. The van der Waals surface area contributed by atoms with Gasteiger partial charge in [0.2, 0.25) is 5.91 Å². The summed E-state index contributed by atoms with van der Waals surface area (Å²) in [5.74, 6) is -0.0695. The summed E-state index contributed by atoms with van der Waals surface area (Å²) in [7, 11) is 3.32. The normalized spacial score (nSPS) is 14.0. The zero-order valence-corrected chi connectivity index (χ0v) is 11.5. The number of rotatable bonds is 7. The van der Waals surface area contributed by atoms with Crippen LogP contribution in [0.2, 0.25) is 0 Å². The van der Waals surface area contributed by atoms with Gasteiger partial charge in [0.25, 0.3) is 0 Å². The summed E-state index contributed by atoms with van der Waals surface area (Å²) >= 11 is 0. The van der Waals surface area contributed by atoms with Gasteiger partial charge in [-0.3, -0.25) is 9.48 Å². The molecule has 1 amide bonds. The summed E-state index contributed by atoms with van der Waals surface area (Å²) in [6, 6.07) is 0. The molecule has 0 spiro atoms. The van der Waals surface area contributed by atoms with Gasteiger partial charge in [0.15, 0.2) is 0 Å². The second-order valence-corrected chi connectivity index (χ2v) is 4.46. The van der Waals surface area contributed by atoms with E-state index in [4.69, 9.17) is 4.74 Å². The zero-order valence-electron chi connectivity index (χ0n) is 11.5. The fraction of sp³-hybridized carbons (Fsp3) is 0.667. The van der Waals surface area contributed by atoms with Gasteiger partial charge < -0.3 is 15.4 Å². The average Bonchev–Trinajstić information content (AvgIpc) is 2.83. The molecule has 0 bridgehead atoms. The third kappa shape index (κ3) is 4.03. The van der Waals surface area contributed by atoms with Crippen molar-refractivity contribution in [2.45, 2.75) is 32.4 Å². The van der Waals surface area contributed by atoms with Crippen LogP contribution in [-0.4, -0.2) is 42.0 Å². The number of carbonyl (C=O) groups excluding carboxylic acids is 1. The molecule has 1 heterocycles. The van der Waals surface area contributed by atoms with Crippen molar-refractivity contribution in [3.63, 3.8) is 0 Å². The standard InChI is InChI=1S/C12H22N4O2/c1-5-12(2,18-4)9-14-10-6-15-16(7-10)8-11(17)13-3/h6-7,14H,5,8-9H2,1-4H3,(H,13,17)/t12-/m0/s1. The number of ether oxygens (including phenoxy) is 1. The molecule has 2 N–H and O–H groups in total. The maximum atomic E-state index is 11.2. The van der Waals surface area contributed by atoms with Crippen molar-refractivity contribution in [3.8, 4) is 0 Å². The molecule has 0 saturated heterocycles. The summed E-state index contributed by atoms with van der Waals surface area (Å²) < 4.78 is 7.04. The number of likely N-dealkylation sites (N-methyl/N-ethyl adjacent to an activating group) is 1. The second kappa shape index (κ2) is 6.39. The van der Waals surface area contributed by atoms with Crippen LogP contribution in [0.3, 0.4) is 0 Å². The van der Waals surface area contributed by atoms with Gasteiger partial charge in [-0.05, 0) is 13.3 Å². The van der Waals surface area contributed by atoms with E-state index in [2.05, 4.69) is 29.6 Å². The monoisotopic (exact) mass is 254 g/mol. The van der Waals surface area contributed by atoms with Gasteiger partial charge in [-0.2, -0.15) is 5.10 Å². The Balaban J connectivity index is 2.51. The topological polar surface area (TPSA) is 68.2 Å². The van der Waals surface area contributed by atoms with Gasteiger partial charge in [0.05, 0.1) is 17.5 Å². The largest absolute Gasteiger partial charge is 0.380 e. The third-order valence-corrected chi connectivity index (χ3v) is 3.12. The molecule has 6 heteroatoms. The number of hydrogen-bond donors (Lipinski definition) is 2. The van der Waals surface area contributed by atoms with E-state index < -0.39 is 0 Å². The molecule has 0 aromatic carbocycles. The quantitative estimate of drug-likeness (QED) is 0.757. The number of amides is 1. The predicted molar refractivity (Wildman–Crippen MR) is 70.5 cm³/mol. The molecule has 0 aliphatic heterocycles. The van der Waals surface area contributed by atoms with Crippen LogP contribution in [0.25, 0.3) is 0 Å². The Morgan fingerprint density at radius 1 is 1.61 bits per heavy atom. The number of nitrogens with one attached hydrogen (secondary N) is 2. The van der Waals surface area contributed by atoms with Gasteiger partial charge in [-0.25, -0.2) is 0 Å². The van der Waals surface area contributed by atoms with Crippen LogP contribution in [0.1, 0.15) is 20.3 Å². The van der Waals surface area contributed by atoms with E-state index in [9.17, 15) is 4.79 Å². The van der Waals surface area contributed by atoms with E-state index in [1.54, 1.807) is 31.2 Å².